The number of nitrogens with zero attached hydrogens (tertiary/aromatic N) is 2. The Morgan fingerprint density at radius 3 is 2.92 bits per heavy atom. The molecule has 5 heteroatoms. The highest BCUT2D eigenvalue weighted by Crippen LogP contribution is 2.47. The molecule has 0 saturated carbocycles. The van der Waals surface area contributed by atoms with Crippen molar-refractivity contribution < 1.29 is 4.74 Å². The first-order chi connectivity index (χ1) is 12.7. The lowest BCUT2D eigenvalue weighted by molar-refractivity contribution is 0.224. The highest BCUT2D eigenvalue weighted by Gasteiger charge is 2.44. The Morgan fingerprint density at radius 2 is 2.00 bits per heavy atom. The van der Waals surface area contributed by atoms with Gasteiger partial charge in [0.25, 0.3) is 0 Å². The topological polar surface area (TPSA) is 25.4 Å². The standard InChI is InChI=1S/C21H18Cl2N2O/c22-15-4-5-19-16(10-15)21(7-9-26-19)6-8-25(13-21)18-12-24-11-14-2-1-3-17(23)20(14)18/h1-5,10-12H,6-9,13H2. The third kappa shape index (κ3) is 2.45. The highest BCUT2D eigenvalue weighted by atomic mass is 35.5. The zero-order valence-electron chi connectivity index (χ0n) is 14.2. The van der Waals surface area contributed by atoms with Gasteiger partial charge in [-0.2, -0.15) is 0 Å². The number of halogens is 2. The van der Waals surface area contributed by atoms with E-state index >= 15 is 0 Å². The lowest BCUT2D eigenvalue weighted by Gasteiger charge is -2.36. The smallest absolute Gasteiger partial charge is 0.123 e. The van der Waals surface area contributed by atoms with Gasteiger partial charge in [0.1, 0.15) is 5.75 Å². The molecule has 0 amide bonds. The number of hydrogen-bond acceptors (Lipinski definition) is 3. The molecule has 0 aliphatic carbocycles. The second-order valence-corrected chi connectivity index (χ2v) is 8.03. The molecule has 2 aliphatic rings. The summed E-state index contributed by atoms with van der Waals surface area (Å²) in [6.07, 6.45) is 5.89. The molecule has 1 unspecified atom stereocenters. The summed E-state index contributed by atoms with van der Waals surface area (Å²) in [5.41, 5.74) is 2.42. The molecule has 1 saturated heterocycles. The van der Waals surface area contributed by atoms with Crippen LogP contribution in [0.2, 0.25) is 10.0 Å². The molecule has 132 valence electrons. The Balaban J connectivity index is 1.58. The van der Waals surface area contributed by atoms with Crippen LogP contribution < -0.4 is 9.64 Å². The number of benzene rings is 2. The molecule has 2 aromatic carbocycles. The molecule has 26 heavy (non-hydrogen) atoms. The fraction of sp³-hybridized carbons (Fsp3) is 0.286. The summed E-state index contributed by atoms with van der Waals surface area (Å²) in [6, 6.07) is 12.0. The van der Waals surface area contributed by atoms with Crippen LogP contribution in [0.4, 0.5) is 5.69 Å². The van der Waals surface area contributed by atoms with Gasteiger partial charge in [0.05, 0.1) is 23.5 Å². The molecule has 0 N–H and O–H groups in total. The van der Waals surface area contributed by atoms with Crippen molar-refractivity contribution in [3.8, 4) is 5.75 Å². The van der Waals surface area contributed by atoms with E-state index < -0.39 is 0 Å². The van der Waals surface area contributed by atoms with Gasteiger partial charge in [-0.1, -0.05) is 35.3 Å². The molecule has 3 aromatic rings. The highest BCUT2D eigenvalue weighted by molar-refractivity contribution is 6.36. The number of aromatic nitrogens is 1. The van der Waals surface area contributed by atoms with Crippen LogP contribution in [0.25, 0.3) is 10.8 Å². The van der Waals surface area contributed by atoms with Crippen LogP contribution in [-0.2, 0) is 5.41 Å². The Hall–Kier alpha value is -1.97. The van der Waals surface area contributed by atoms with E-state index in [1.165, 1.54) is 5.56 Å². The lowest BCUT2D eigenvalue weighted by atomic mass is 9.75. The van der Waals surface area contributed by atoms with Crippen molar-refractivity contribution in [2.24, 2.45) is 0 Å². The van der Waals surface area contributed by atoms with Gasteiger partial charge in [0.2, 0.25) is 0 Å². The fourth-order valence-corrected chi connectivity index (χ4v) is 4.90. The molecule has 5 rings (SSSR count). The second kappa shape index (κ2) is 6.04. The van der Waals surface area contributed by atoms with E-state index in [0.717, 1.165) is 64.8 Å². The average molecular weight is 385 g/mol. The van der Waals surface area contributed by atoms with E-state index in [0.29, 0.717) is 0 Å². The predicted molar refractivity (Wildman–Crippen MR) is 107 cm³/mol. The summed E-state index contributed by atoms with van der Waals surface area (Å²) in [5.74, 6) is 0.969. The van der Waals surface area contributed by atoms with Crippen molar-refractivity contribution in [2.45, 2.75) is 18.3 Å². The van der Waals surface area contributed by atoms with Gasteiger partial charge >= 0.3 is 0 Å². The van der Waals surface area contributed by atoms with E-state index in [2.05, 4.69) is 22.0 Å². The van der Waals surface area contributed by atoms with E-state index in [4.69, 9.17) is 27.9 Å². The fourth-order valence-electron chi connectivity index (χ4n) is 4.45. The maximum absolute atomic E-state index is 6.53. The van der Waals surface area contributed by atoms with Crippen molar-refractivity contribution in [3.05, 3.63) is 64.4 Å². The Bertz CT molecular complexity index is 1000. The molecule has 0 bridgehead atoms. The van der Waals surface area contributed by atoms with Crippen LogP contribution in [0, 0.1) is 0 Å². The molecular formula is C21H18Cl2N2O. The molecule has 2 aliphatic heterocycles. The predicted octanol–water partition coefficient (Wildman–Crippen LogP) is 5.47. The van der Waals surface area contributed by atoms with Crippen LogP contribution in [0.15, 0.2) is 48.8 Å². The van der Waals surface area contributed by atoms with Gasteiger partial charge in [0, 0.05) is 46.1 Å². The maximum atomic E-state index is 6.53. The molecule has 3 heterocycles. The van der Waals surface area contributed by atoms with Crippen molar-refractivity contribution in [1.82, 2.24) is 4.98 Å². The van der Waals surface area contributed by atoms with Crippen LogP contribution >= 0.6 is 23.2 Å². The SMILES string of the molecule is Clc1ccc2c(c1)C1(CCO2)CCN(c2cncc3cccc(Cl)c23)C1. The van der Waals surface area contributed by atoms with Crippen LogP contribution in [0.1, 0.15) is 18.4 Å². The molecule has 1 spiro atoms. The molecular weight excluding hydrogens is 367 g/mol. The van der Waals surface area contributed by atoms with Gasteiger partial charge in [-0.05, 0) is 37.1 Å². The summed E-state index contributed by atoms with van der Waals surface area (Å²) < 4.78 is 5.88. The molecule has 1 atom stereocenters. The zero-order valence-corrected chi connectivity index (χ0v) is 15.7. The first-order valence-electron chi connectivity index (χ1n) is 8.86. The molecule has 1 aromatic heterocycles. The largest absolute Gasteiger partial charge is 0.493 e. The van der Waals surface area contributed by atoms with E-state index in [9.17, 15) is 0 Å². The summed E-state index contributed by atoms with van der Waals surface area (Å²) >= 11 is 12.8. The normalized spacial score (nSPS) is 21.8. The first-order valence-corrected chi connectivity index (χ1v) is 9.62. The zero-order chi connectivity index (χ0) is 17.7. The van der Waals surface area contributed by atoms with Gasteiger partial charge in [-0.3, -0.25) is 4.98 Å². The number of anilines is 1. The lowest BCUT2D eigenvalue weighted by Crippen LogP contribution is -2.36. The van der Waals surface area contributed by atoms with Gasteiger partial charge in [-0.25, -0.2) is 0 Å². The van der Waals surface area contributed by atoms with Crippen molar-refractivity contribution in [3.63, 3.8) is 0 Å². The number of ether oxygens (including phenoxy) is 1. The molecule has 3 nitrogen and oxygen atoms in total. The quantitative estimate of drug-likeness (QED) is 0.555. The Morgan fingerprint density at radius 1 is 1.08 bits per heavy atom. The average Bonchev–Trinajstić information content (AvgIpc) is 3.07. The maximum Gasteiger partial charge on any atom is 0.123 e. The molecule has 1 fully saturated rings. The van der Waals surface area contributed by atoms with Gasteiger partial charge in [0.15, 0.2) is 0 Å². The summed E-state index contributed by atoms with van der Waals surface area (Å²) in [7, 11) is 0. The monoisotopic (exact) mass is 384 g/mol. The van der Waals surface area contributed by atoms with E-state index in [1.807, 2.05) is 36.7 Å². The summed E-state index contributed by atoms with van der Waals surface area (Å²) in [4.78, 5) is 6.86. The second-order valence-electron chi connectivity index (χ2n) is 7.19. The van der Waals surface area contributed by atoms with E-state index in [-0.39, 0.29) is 5.41 Å². The third-order valence-corrected chi connectivity index (χ3v) is 6.31. The number of hydrogen-bond donors (Lipinski definition) is 0. The van der Waals surface area contributed by atoms with Gasteiger partial charge < -0.3 is 9.64 Å². The minimum Gasteiger partial charge on any atom is -0.493 e. The van der Waals surface area contributed by atoms with Crippen LogP contribution in [-0.4, -0.2) is 24.7 Å². The molecule has 0 radical (unpaired) electrons. The Labute approximate surface area is 162 Å². The first kappa shape index (κ1) is 16.2. The van der Waals surface area contributed by atoms with Gasteiger partial charge in [-0.15, -0.1) is 0 Å². The summed E-state index contributed by atoms with van der Waals surface area (Å²) in [5, 5.41) is 3.70. The van der Waals surface area contributed by atoms with Crippen LogP contribution in [0.5, 0.6) is 5.75 Å². The van der Waals surface area contributed by atoms with Crippen molar-refractivity contribution in [2.75, 3.05) is 24.6 Å². The number of fused-ring (bicyclic) bond motifs is 3. The minimum absolute atomic E-state index is 0.0713. The van der Waals surface area contributed by atoms with E-state index in [1.54, 1.807) is 0 Å². The minimum atomic E-state index is 0.0713. The third-order valence-electron chi connectivity index (χ3n) is 5.76. The van der Waals surface area contributed by atoms with Crippen LogP contribution in [0.3, 0.4) is 0 Å². The van der Waals surface area contributed by atoms with Crippen molar-refractivity contribution in [1.29, 1.82) is 0 Å². The number of rotatable bonds is 1. The van der Waals surface area contributed by atoms with Crippen molar-refractivity contribution >= 4 is 39.7 Å². The summed E-state index contributed by atoms with van der Waals surface area (Å²) in [6.45, 7) is 2.64. The number of pyridine rings is 1. The Kier molecular flexibility index (Phi) is 3.77.